The number of aromatic nitrogens is 7. The number of hydrogen-bond acceptors (Lipinski definition) is 6. The van der Waals surface area contributed by atoms with Crippen molar-refractivity contribution in [2.45, 2.75) is 0 Å². The van der Waals surface area contributed by atoms with Crippen molar-refractivity contribution < 1.29 is 0 Å². The largest absolute Gasteiger partial charge is 0.367 e. The Balaban J connectivity index is 0.000000112. The maximum atomic E-state index is 4.99. The van der Waals surface area contributed by atoms with Gasteiger partial charge in [0.2, 0.25) is 5.95 Å². The molecule has 2 rings (SSSR count). The molecule has 0 spiro atoms. The third kappa shape index (κ3) is 2.89. The molecule has 2 aromatic heterocycles. The van der Waals surface area contributed by atoms with Gasteiger partial charge in [-0.2, -0.15) is 0 Å². The number of nitrogens with zero attached hydrogens (tertiary/aromatic N) is 5. The van der Waals surface area contributed by atoms with E-state index in [1.165, 1.54) is 0 Å². The zero-order chi connectivity index (χ0) is 7.94. The summed E-state index contributed by atoms with van der Waals surface area (Å²) >= 11 is 0. The zero-order valence-corrected chi connectivity index (χ0v) is 5.47. The molecule has 8 heteroatoms. The molecule has 0 radical (unpaired) electrons. The molecule has 8 nitrogen and oxygen atoms in total. The molecule has 0 fully saturated rings. The standard InChI is InChI=1S/C2H3N3.CH3N5/c1-2-4-5-3-1;2-1-3-5-6-4-1/h1-2H,(H,3,4,5);(H3,2,3,4,5,6). The van der Waals surface area contributed by atoms with Crippen LogP contribution in [0, 0.1) is 0 Å². The minimum Gasteiger partial charge on any atom is -0.367 e. The van der Waals surface area contributed by atoms with E-state index in [1.807, 2.05) is 0 Å². The minimum absolute atomic E-state index is 0.245. The van der Waals surface area contributed by atoms with Crippen molar-refractivity contribution in [3.63, 3.8) is 0 Å². The molecule has 4 N–H and O–H groups in total. The number of nitrogens with one attached hydrogen (secondary N) is 2. The van der Waals surface area contributed by atoms with Crippen LogP contribution in [-0.4, -0.2) is 36.0 Å². The molecule has 0 saturated heterocycles. The van der Waals surface area contributed by atoms with E-state index in [0.29, 0.717) is 0 Å². The number of anilines is 1. The topological polar surface area (TPSA) is 122 Å². The molecule has 2 aromatic rings. The summed E-state index contributed by atoms with van der Waals surface area (Å²) in [5.74, 6) is 0.245. The maximum Gasteiger partial charge on any atom is 0.237 e. The minimum atomic E-state index is 0.245. The van der Waals surface area contributed by atoms with Gasteiger partial charge in [0, 0.05) is 6.20 Å². The van der Waals surface area contributed by atoms with E-state index in [0.717, 1.165) is 0 Å². The van der Waals surface area contributed by atoms with Gasteiger partial charge in [-0.25, -0.2) is 5.10 Å². The summed E-state index contributed by atoms with van der Waals surface area (Å²) in [5.41, 5.74) is 4.99. The van der Waals surface area contributed by atoms with Crippen LogP contribution in [0.25, 0.3) is 0 Å². The zero-order valence-electron chi connectivity index (χ0n) is 5.47. The maximum absolute atomic E-state index is 4.99. The number of hydrogen-bond donors (Lipinski definition) is 3. The molecule has 58 valence electrons. The lowest BCUT2D eigenvalue weighted by molar-refractivity contribution is 0.881. The third-order valence-electron chi connectivity index (χ3n) is 0.693. The predicted molar refractivity (Wildman–Crippen MR) is 35.0 cm³/mol. The van der Waals surface area contributed by atoms with E-state index in [1.54, 1.807) is 12.4 Å². The number of tetrazole rings is 1. The van der Waals surface area contributed by atoms with Crippen LogP contribution in [0.1, 0.15) is 0 Å². The molecule has 0 unspecified atom stereocenters. The Morgan fingerprint density at radius 2 is 2.27 bits per heavy atom. The average Bonchev–Trinajstić information content (AvgIpc) is 2.57. The normalized spacial score (nSPS) is 8.36. The first-order valence-corrected chi connectivity index (χ1v) is 2.69. The Hall–Kier alpha value is -1.99. The van der Waals surface area contributed by atoms with E-state index in [4.69, 9.17) is 5.73 Å². The van der Waals surface area contributed by atoms with E-state index in [-0.39, 0.29) is 5.95 Å². The lowest BCUT2D eigenvalue weighted by atomic mass is 11.0. The Morgan fingerprint density at radius 3 is 2.45 bits per heavy atom. The smallest absolute Gasteiger partial charge is 0.237 e. The van der Waals surface area contributed by atoms with Gasteiger partial charge in [-0.05, 0) is 10.4 Å². The van der Waals surface area contributed by atoms with Crippen LogP contribution in [0.4, 0.5) is 5.95 Å². The van der Waals surface area contributed by atoms with Gasteiger partial charge < -0.3 is 5.73 Å². The molecule has 0 aliphatic carbocycles. The summed E-state index contributed by atoms with van der Waals surface area (Å²) in [6.07, 6.45) is 3.24. The fourth-order valence-electron chi connectivity index (χ4n) is 0.333. The van der Waals surface area contributed by atoms with Crippen LogP contribution in [0.2, 0.25) is 0 Å². The van der Waals surface area contributed by atoms with Crippen molar-refractivity contribution in [3.8, 4) is 0 Å². The van der Waals surface area contributed by atoms with E-state index >= 15 is 0 Å². The van der Waals surface area contributed by atoms with Crippen LogP contribution in [0.3, 0.4) is 0 Å². The highest BCUT2D eigenvalue weighted by molar-refractivity contribution is 5.05. The van der Waals surface area contributed by atoms with Gasteiger partial charge in [-0.15, -0.1) is 5.10 Å². The van der Waals surface area contributed by atoms with Crippen molar-refractivity contribution in [1.82, 2.24) is 36.0 Å². The number of rotatable bonds is 0. The Morgan fingerprint density at radius 1 is 1.36 bits per heavy atom. The highest BCUT2D eigenvalue weighted by Crippen LogP contribution is 1.72. The SMILES string of the molecule is Nc1nnn[nH]1.c1c[nH]nn1. The number of aromatic amines is 2. The van der Waals surface area contributed by atoms with Gasteiger partial charge in [0.15, 0.2) is 0 Å². The highest BCUT2D eigenvalue weighted by atomic mass is 15.5. The number of H-pyrrole nitrogens is 2. The van der Waals surface area contributed by atoms with Crippen LogP contribution >= 0.6 is 0 Å². The Kier molecular flexibility index (Phi) is 2.54. The lowest BCUT2D eigenvalue weighted by Crippen LogP contribution is -1.84. The van der Waals surface area contributed by atoms with E-state index < -0.39 is 0 Å². The molecule has 0 atom stereocenters. The van der Waals surface area contributed by atoms with Crippen LogP contribution in [0.15, 0.2) is 12.4 Å². The summed E-state index contributed by atoms with van der Waals surface area (Å²) in [6.45, 7) is 0. The summed E-state index contributed by atoms with van der Waals surface area (Å²) in [4.78, 5) is 0. The molecular formula is C3H6N8. The molecule has 11 heavy (non-hydrogen) atoms. The fourth-order valence-corrected chi connectivity index (χ4v) is 0.333. The van der Waals surface area contributed by atoms with Crippen molar-refractivity contribution in [2.75, 3.05) is 5.73 Å². The number of nitrogens with two attached hydrogens (primary N) is 1. The third-order valence-corrected chi connectivity index (χ3v) is 0.693. The fraction of sp³-hybridized carbons (Fsp3) is 0. The van der Waals surface area contributed by atoms with Gasteiger partial charge in [-0.3, -0.25) is 5.10 Å². The second kappa shape index (κ2) is 3.93. The first kappa shape index (κ1) is 7.12. The van der Waals surface area contributed by atoms with E-state index in [9.17, 15) is 0 Å². The summed E-state index contributed by atoms with van der Waals surface area (Å²) in [6, 6.07) is 0. The second-order valence-electron chi connectivity index (χ2n) is 1.45. The molecule has 0 aromatic carbocycles. The van der Waals surface area contributed by atoms with Gasteiger partial charge in [0.25, 0.3) is 0 Å². The van der Waals surface area contributed by atoms with Crippen molar-refractivity contribution in [2.24, 2.45) is 0 Å². The molecule has 0 amide bonds. The van der Waals surface area contributed by atoms with Crippen molar-refractivity contribution >= 4 is 5.95 Å². The van der Waals surface area contributed by atoms with E-state index in [2.05, 4.69) is 36.0 Å². The summed E-state index contributed by atoms with van der Waals surface area (Å²) < 4.78 is 0. The molecule has 2 heterocycles. The van der Waals surface area contributed by atoms with Crippen LogP contribution in [0.5, 0.6) is 0 Å². The molecule has 0 bridgehead atoms. The Labute approximate surface area is 61.2 Å². The van der Waals surface area contributed by atoms with Crippen LogP contribution in [-0.2, 0) is 0 Å². The molecule has 0 saturated carbocycles. The first-order valence-electron chi connectivity index (χ1n) is 2.69. The molecule has 0 aliphatic rings. The van der Waals surface area contributed by atoms with Gasteiger partial charge in [0.05, 0.1) is 6.20 Å². The van der Waals surface area contributed by atoms with Gasteiger partial charge in [0.1, 0.15) is 0 Å². The monoisotopic (exact) mass is 154 g/mol. The second-order valence-corrected chi connectivity index (χ2v) is 1.45. The first-order chi connectivity index (χ1) is 5.39. The average molecular weight is 154 g/mol. The predicted octanol–water partition coefficient (Wildman–Crippen LogP) is -1.41. The van der Waals surface area contributed by atoms with Gasteiger partial charge >= 0.3 is 0 Å². The quantitative estimate of drug-likeness (QED) is 0.428. The lowest BCUT2D eigenvalue weighted by Gasteiger charge is -1.65. The molecular weight excluding hydrogens is 148 g/mol. The highest BCUT2D eigenvalue weighted by Gasteiger charge is 1.77. The van der Waals surface area contributed by atoms with Crippen LogP contribution < -0.4 is 5.73 Å². The van der Waals surface area contributed by atoms with Crippen molar-refractivity contribution in [3.05, 3.63) is 12.4 Å². The Bertz CT molecular complexity index is 227. The van der Waals surface area contributed by atoms with Gasteiger partial charge in [-0.1, -0.05) is 10.3 Å². The summed E-state index contributed by atoms with van der Waals surface area (Å²) in [5, 5.41) is 21.2. The molecule has 0 aliphatic heterocycles. The number of nitrogen functional groups attached to an aromatic ring is 1. The van der Waals surface area contributed by atoms with Crippen molar-refractivity contribution in [1.29, 1.82) is 0 Å². The summed E-state index contributed by atoms with van der Waals surface area (Å²) in [7, 11) is 0.